The van der Waals surface area contributed by atoms with E-state index in [9.17, 15) is 22.8 Å². The summed E-state index contributed by atoms with van der Waals surface area (Å²) in [7, 11) is 0. The van der Waals surface area contributed by atoms with Crippen molar-refractivity contribution in [1.29, 1.82) is 0 Å². The summed E-state index contributed by atoms with van der Waals surface area (Å²) in [6, 6.07) is 5.26. The molecule has 2 aromatic heterocycles. The van der Waals surface area contributed by atoms with Crippen LogP contribution in [0.5, 0.6) is 0 Å². The minimum Gasteiger partial charge on any atom is -0.351 e. The van der Waals surface area contributed by atoms with E-state index < -0.39 is 24.0 Å². The molecule has 0 unspecified atom stereocenters. The van der Waals surface area contributed by atoms with Gasteiger partial charge in [-0.3, -0.25) is 9.59 Å². The van der Waals surface area contributed by atoms with Gasteiger partial charge in [0.2, 0.25) is 5.91 Å². The van der Waals surface area contributed by atoms with Crippen LogP contribution < -0.4 is 5.32 Å². The minimum absolute atomic E-state index is 0.0514. The van der Waals surface area contributed by atoms with Crippen LogP contribution in [0.2, 0.25) is 0 Å². The van der Waals surface area contributed by atoms with Gasteiger partial charge in [-0.05, 0) is 35.7 Å². The molecule has 1 fully saturated rings. The van der Waals surface area contributed by atoms with Crippen molar-refractivity contribution in [3.8, 4) is 0 Å². The predicted octanol–water partition coefficient (Wildman–Crippen LogP) is 4.50. The van der Waals surface area contributed by atoms with E-state index in [0.29, 0.717) is 14.7 Å². The Morgan fingerprint density at radius 1 is 1.15 bits per heavy atom. The molecule has 27 heavy (non-hydrogen) atoms. The lowest BCUT2D eigenvalue weighted by molar-refractivity contribution is -0.189. The normalized spacial score (nSPS) is 16.3. The third kappa shape index (κ3) is 4.90. The Labute approximate surface area is 163 Å². The van der Waals surface area contributed by atoms with Gasteiger partial charge in [-0.2, -0.15) is 13.2 Å². The van der Waals surface area contributed by atoms with E-state index in [2.05, 4.69) is 5.32 Å². The molecule has 9 heteroatoms. The molecule has 0 spiro atoms. The Morgan fingerprint density at radius 3 is 2.37 bits per heavy atom. The first-order valence-corrected chi connectivity index (χ1v) is 10.4. The highest BCUT2D eigenvalue weighted by Gasteiger charge is 2.47. The molecule has 0 aromatic carbocycles. The lowest BCUT2D eigenvalue weighted by atomic mass is 10.1. The van der Waals surface area contributed by atoms with Crippen LogP contribution in [-0.4, -0.2) is 28.9 Å². The number of rotatable bonds is 6. The largest absolute Gasteiger partial charge is 0.471 e. The van der Waals surface area contributed by atoms with E-state index in [0.717, 1.165) is 25.7 Å². The van der Waals surface area contributed by atoms with Crippen LogP contribution in [0.3, 0.4) is 0 Å². The van der Waals surface area contributed by atoms with Crippen molar-refractivity contribution in [3.63, 3.8) is 0 Å². The molecule has 2 amide bonds. The van der Waals surface area contributed by atoms with Crippen LogP contribution in [0.4, 0.5) is 13.2 Å². The van der Waals surface area contributed by atoms with Gasteiger partial charge in [0.05, 0.1) is 6.54 Å². The zero-order chi connectivity index (χ0) is 19.4. The van der Waals surface area contributed by atoms with Gasteiger partial charge in [-0.25, -0.2) is 0 Å². The Bertz CT molecular complexity index is 754. The monoisotopic (exact) mass is 416 g/mol. The molecule has 1 aliphatic rings. The number of nitrogens with zero attached hydrogens (tertiary/aromatic N) is 1. The smallest absolute Gasteiger partial charge is 0.351 e. The summed E-state index contributed by atoms with van der Waals surface area (Å²) in [5.41, 5.74) is 0. The van der Waals surface area contributed by atoms with Gasteiger partial charge in [0.1, 0.15) is 6.04 Å². The molecular formula is C18H19F3N2O2S2. The number of carbonyl (C=O) groups is 2. The van der Waals surface area contributed by atoms with Crippen LogP contribution in [-0.2, 0) is 16.1 Å². The van der Waals surface area contributed by atoms with Gasteiger partial charge < -0.3 is 10.2 Å². The van der Waals surface area contributed by atoms with Crippen LogP contribution >= 0.6 is 22.7 Å². The van der Waals surface area contributed by atoms with Gasteiger partial charge in [0.25, 0.3) is 0 Å². The molecule has 0 bridgehead atoms. The summed E-state index contributed by atoms with van der Waals surface area (Å²) in [6.45, 7) is -0.267. The summed E-state index contributed by atoms with van der Waals surface area (Å²) < 4.78 is 39.8. The van der Waals surface area contributed by atoms with Crippen molar-refractivity contribution < 1.29 is 22.8 Å². The second-order valence-corrected chi connectivity index (χ2v) is 8.43. The first-order chi connectivity index (χ1) is 12.9. The van der Waals surface area contributed by atoms with Gasteiger partial charge in [0, 0.05) is 15.8 Å². The third-order valence-electron chi connectivity index (χ3n) is 4.48. The van der Waals surface area contributed by atoms with Crippen LogP contribution in [0.25, 0.3) is 0 Å². The molecule has 2 heterocycles. The van der Waals surface area contributed by atoms with Crippen molar-refractivity contribution in [2.75, 3.05) is 0 Å². The van der Waals surface area contributed by atoms with Gasteiger partial charge in [0.15, 0.2) is 0 Å². The lowest BCUT2D eigenvalue weighted by Gasteiger charge is -2.31. The molecular weight excluding hydrogens is 397 g/mol. The first-order valence-electron chi connectivity index (χ1n) is 8.60. The molecule has 3 rings (SSSR count). The van der Waals surface area contributed by atoms with Gasteiger partial charge in [-0.1, -0.05) is 25.0 Å². The summed E-state index contributed by atoms with van der Waals surface area (Å²) in [6.07, 6.45) is -1.48. The molecule has 0 radical (unpaired) electrons. The topological polar surface area (TPSA) is 49.4 Å². The number of carbonyl (C=O) groups excluding carboxylic acids is 2. The Hall–Kier alpha value is -1.87. The van der Waals surface area contributed by atoms with Crippen molar-refractivity contribution in [2.24, 2.45) is 0 Å². The van der Waals surface area contributed by atoms with E-state index in [1.54, 1.807) is 35.0 Å². The van der Waals surface area contributed by atoms with E-state index in [1.807, 2.05) is 0 Å². The quantitative estimate of drug-likeness (QED) is 0.754. The molecule has 1 atom stereocenters. The summed E-state index contributed by atoms with van der Waals surface area (Å²) in [5, 5.41) is 6.26. The van der Waals surface area contributed by atoms with Crippen molar-refractivity contribution in [2.45, 2.75) is 50.5 Å². The molecule has 1 N–H and O–H groups in total. The molecule has 2 aromatic rings. The highest BCUT2D eigenvalue weighted by atomic mass is 32.1. The average molecular weight is 416 g/mol. The van der Waals surface area contributed by atoms with E-state index in [4.69, 9.17) is 0 Å². The van der Waals surface area contributed by atoms with Gasteiger partial charge in [-0.15, -0.1) is 22.7 Å². The fourth-order valence-corrected chi connectivity index (χ4v) is 4.77. The number of thiophene rings is 2. The maximum atomic E-state index is 13.3. The van der Waals surface area contributed by atoms with Crippen LogP contribution in [0.1, 0.15) is 41.5 Å². The Kier molecular flexibility index (Phi) is 6.21. The van der Waals surface area contributed by atoms with Crippen LogP contribution in [0, 0.1) is 0 Å². The maximum Gasteiger partial charge on any atom is 0.471 e. The zero-order valence-electron chi connectivity index (χ0n) is 14.4. The number of hydrogen-bond acceptors (Lipinski definition) is 4. The van der Waals surface area contributed by atoms with Crippen molar-refractivity contribution in [3.05, 3.63) is 44.8 Å². The Morgan fingerprint density at radius 2 is 1.81 bits per heavy atom. The predicted molar refractivity (Wildman–Crippen MR) is 98.4 cm³/mol. The standard InChI is InChI=1S/C18H19F3N2O2S2/c19-18(20,21)17(25)23(11-13-7-3-9-26-13)15(14-8-4-10-27-14)16(24)22-12-5-1-2-6-12/h3-4,7-10,12,15H,1-2,5-6,11H2,(H,22,24)/t15-/m0/s1. The number of halogens is 3. The third-order valence-corrected chi connectivity index (χ3v) is 6.27. The Balaban J connectivity index is 1.93. The summed E-state index contributed by atoms with van der Waals surface area (Å²) in [5.74, 6) is -2.56. The second kappa shape index (κ2) is 8.43. The highest BCUT2D eigenvalue weighted by molar-refractivity contribution is 7.10. The number of alkyl halides is 3. The SMILES string of the molecule is O=C(NC1CCCC1)[C@H](c1cccs1)N(Cc1cccs1)C(=O)C(F)(F)F. The minimum atomic E-state index is -5.06. The number of amides is 2. The second-order valence-electron chi connectivity index (χ2n) is 6.42. The molecule has 4 nitrogen and oxygen atoms in total. The highest BCUT2D eigenvalue weighted by Crippen LogP contribution is 2.32. The molecule has 1 saturated carbocycles. The molecule has 1 aliphatic carbocycles. The molecule has 0 saturated heterocycles. The first kappa shape index (κ1) is 19.9. The van der Waals surface area contributed by atoms with Crippen molar-refractivity contribution >= 4 is 34.5 Å². The number of hydrogen-bond donors (Lipinski definition) is 1. The zero-order valence-corrected chi connectivity index (χ0v) is 16.0. The summed E-state index contributed by atoms with van der Waals surface area (Å²) in [4.78, 5) is 26.8. The summed E-state index contributed by atoms with van der Waals surface area (Å²) >= 11 is 2.42. The van der Waals surface area contributed by atoms with Crippen molar-refractivity contribution in [1.82, 2.24) is 10.2 Å². The number of nitrogens with one attached hydrogen (secondary N) is 1. The fraction of sp³-hybridized carbons (Fsp3) is 0.444. The molecule has 146 valence electrons. The lowest BCUT2D eigenvalue weighted by Crippen LogP contribution is -2.49. The van der Waals surface area contributed by atoms with Crippen LogP contribution in [0.15, 0.2) is 35.0 Å². The van der Waals surface area contributed by atoms with Gasteiger partial charge >= 0.3 is 12.1 Å². The fourth-order valence-electron chi connectivity index (χ4n) is 3.24. The van der Waals surface area contributed by atoms with E-state index in [-0.39, 0.29) is 12.6 Å². The van der Waals surface area contributed by atoms with E-state index >= 15 is 0 Å². The average Bonchev–Trinajstić information content (AvgIpc) is 3.36. The van der Waals surface area contributed by atoms with E-state index in [1.165, 1.54) is 22.7 Å². The molecule has 0 aliphatic heterocycles. The maximum absolute atomic E-state index is 13.3.